The summed E-state index contributed by atoms with van der Waals surface area (Å²) in [4.78, 5) is 13.0. The quantitative estimate of drug-likeness (QED) is 0.803. The Hall–Kier alpha value is -1.56. The van der Waals surface area contributed by atoms with Gasteiger partial charge >= 0.3 is 0 Å². The number of nitrogens with zero attached hydrogens (tertiary/aromatic N) is 1. The number of alkyl halides is 1. The van der Waals surface area contributed by atoms with E-state index in [-0.39, 0.29) is 18.7 Å². The summed E-state index contributed by atoms with van der Waals surface area (Å²) in [5.74, 6) is -2.67. The molecule has 2 N–H and O–H groups in total. The molecule has 3 nitrogen and oxygen atoms in total. The number of nitrogens with two attached hydrogens (primary N) is 1. The van der Waals surface area contributed by atoms with Crippen LogP contribution in [0.25, 0.3) is 0 Å². The fraction of sp³-hybridized carbons (Fsp3) is 0.364. The lowest BCUT2D eigenvalue weighted by atomic mass is 10.2. The van der Waals surface area contributed by atoms with Crippen molar-refractivity contribution in [2.45, 2.75) is 12.2 Å². The zero-order valence-electron chi connectivity index (χ0n) is 8.87. The Balaban J connectivity index is 2.17. The van der Waals surface area contributed by atoms with Gasteiger partial charge in [-0.15, -0.1) is 0 Å². The molecule has 2 atom stereocenters. The normalized spacial score (nSPS) is 24.1. The van der Waals surface area contributed by atoms with Crippen molar-refractivity contribution in [3.05, 3.63) is 35.4 Å². The Morgan fingerprint density at radius 3 is 2.53 bits per heavy atom. The lowest BCUT2D eigenvalue weighted by Crippen LogP contribution is -2.32. The number of amides is 1. The fourth-order valence-corrected chi connectivity index (χ4v) is 1.77. The number of benzene rings is 1. The largest absolute Gasteiger partial charge is 0.334 e. The number of halogens is 3. The highest BCUT2D eigenvalue weighted by Crippen LogP contribution is 2.16. The minimum atomic E-state index is -1.27. The summed E-state index contributed by atoms with van der Waals surface area (Å²) in [6.07, 6.45) is -1.27. The molecule has 1 saturated heterocycles. The van der Waals surface area contributed by atoms with E-state index in [1.807, 2.05) is 0 Å². The lowest BCUT2D eigenvalue weighted by molar-refractivity contribution is 0.0781. The minimum Gasteiger partial charge on any atom is -0.334 e. The first-order valence-electron chi connectivity index (χ1n) is 5.13. The van der Waals surface area contributed by atoms with Gasteiger partial charge in [0.05, 0.1) is 12.6 Å². The van der Waals surface area contributed by atoms with Gasteiger partial charge in [-0.05, 0) is 18.2 Å². The van der Waals surface area contributed by atoms with Gasteiger partial charge in [0.1, 0.15) is 6.17 Å². The van der Waals surface area contributed by atoms with Crippen molar-refractivity contribution in [1.82, 2.24) is 4.90 Å². The van der Waals surface area contributed by atoms with Gasteiger partial charge in [-0.3, -0.25) is 4.79 Å². The van der Waals surface area contributed by atoms with Gasteiger partial charge in [-0.2, -0.15) is 0 Å². The summed E-state index contributed by atoms with van der Waals surface area (Å²) in [5, 5.41) is 0. The summed E-state index contributed by atoms with van der Waals surface area (Å²) in [6, 6.07) is 2.11. The van der Waals surface area contributed by atoms with Gasteiger partial charge in [-0.25, -0.2) is 13.2 Å². The average Bonchev–Trinajstić information content (AvgIpc) is 2.62. The van der Waals surface area contributed by atoms with Crippen molar-refractivity contribution in [2.24, 2.45) is 5.73 Å². The van der Waals surface area contributed by atoms with Crippen molar-refractivity contribution in [1.29, 1.82) is 0 Å². The van der Waals surface area contributed by atoms with Gasteiger partial charge in [0, 0.05) is 12.1 Å². The summed E-state index contributed by atoms with van der Waals surface area (Å²) >= 11 is 0. The van der Waals surface area contributed by atoms with Crippen molar-refractivity contribution in [2.75, 3.05) is 13.1 Å². The maximum absolute atomic E-state index is 13.1. The van der Waals surface area contributed by atoms with Crippen LogP contribution >= 0.6 is 0 Å². The van der Waals surface area contributed by atoms with Gasteiger partial charge in [0.2, 0.25) is 0 Å². The second-order valence-electron chi connectivity index (χ2n) is 4.02. The molecule has 1 aliphatic rings. The number of rotatable bonds is 1. The van der Waals surface area contributed by atoms with E-state index in [4.69, 9.17) is 5.73 Å². The van der Waals surface area contributed by atoms with E-state index in [9.17, 15) is 18.0 Å². The molecule has 1 aromatic carbocycles. The zero-order valence-corrected chi connectivity index (χ0v) is 8.87. The lowest BCUT2D eigenvalue weighted by Gasteiger charge is -2.15. The molecule has 0 bridgehead atoms. The van der Waals surface area contributed by atoms with Gasteiger partial charge < -0.3 is 10.6 Å². The van der Waals surface area contributed by atoms with E-state index in [1.165, 1.54) is 4.90 Å². The van der Waals surface area contributed by atoms with Crippen LogP contribution < -0.4 is 5.73 Å². The Kier molecular flexibility index (Phi) is 3.06. The zero-order chi connectivity index (χ0) is 12.6. The molecule has 2 rings (SSSR count). The first kappa shape index (κ1) is 11.9. The first-order chi connectivity index (χ1) is 7.99. The van der Waals surface area contributed by atoms with Gasteiger partial charge in [0.15, 0.2) is 11.6 Å². The van der Waals surface area contributed by atoms with E-state index in [0.717, 1.165) is 18.2 Å². The van der Waals surface area contributed by atoms with Crippen LogP contribution in [0.15, 0.2) is 18.2 Å². The monoisotopic (exact) mass is 244 g/mol. The summed E-state index contributed by atoms with van der Waals surface area (Å²) in [7, 11) is 0. The first-order valence-corrected chi connectivity index (χ1v) is 5.13. The molecule has 0 aliphatic carbocycles. The Morgan fingerprint density at radius 2 is 2.00 bits per heavy atom. The van der Waals surface area contributed by atoms with Crippen molar-refractivity contribution >= 4 is 5.91 Å². The molecule has 1 aliphatic heterocycles. The number of hydrogen-bond donors (Lipinski definition) is 1. The summed E-state index contributed by atoms with van der Waals surface area (Å²) in [5.41, 5.74) is 5.43. The van der Waals surface area contributed by atoms with Crippen LogP contribution in [0, 0.1) is 11.6 Å². The van der Waals surface area contributed by atoms with Crippen molar-refractivity contribution < 1.29 is 18.0 Å². The molecule has 0 aromatic heterocycles. The number of carbonyl (C=O) groups excluding carboxylic acids is 1. The Bertz CT molecular complexity index is 442. The fourth-order valence-electron chi connectivity index (χ4n) is 1.77. The van der Waals surface area contributed by atoms with E-state index in [0.29, 0.717) is 0 Å². The van der Waals surface area contributed by atoms with E-state index in [2.05, 4.69) is 0 Å². The molecule has 17 heavy (non-hydrogen) atoms. The third-order valence-electron chi connectivity index (χ3n) is 2.74. The predicted octanol–water partition coefficient (Wildman–Crippen LogP) is 1.09. The van der Waals surface area contributed by atoms with Crippen LogP contribution in [0.3, 0.4) is 0 Å². The van der Waals surface area contributed by atoms with Crippen molar-refractivity contribution in [3.8, 4) is 0 Å². The molecular formula is C11H11F3N2O. The number of hydrogen-bond acceptors (Lipinski definition) is 2. The SMILES string of the molecule is N[C@@H]1CN(C(=O)c2ccc(F)c(F)c2)CC1F. The summed E-state index contributed by atoms with van der Waals surface area (Å²) in [6.45, 7) is -0.0298. The van der Waals surface area contributed by atoms with Crippen LogP contribution in [0.1, 0.15) is 10.4 Å². The second-order valence-corrected chi connectivity index (χ2v) is 4.02. The number of carbonyl (C=O) groups is 1. The van der Waals surface area contributed by atoms with Crippen LogP contribution in [-0.2, 0) is 0 Å². The van der Waals surface area contributed by atoms with Crippen LogP contribution in [0.4, 0.5) is 13.2 Å². The van der Waals surface area contributed by atoms with Crippen LogP contribution in [-0.4, -0.2) is 36.1 Å². The minimum absolute atomic E-state index is 0.00907. The topological polar surface area (TPSA) is 46.3 Å². The molecule has 0 radical (unpaired) electrons. The maximum atomic E-state index is 13.1. The van der Waals surface area contributed by atoms with E-state index in [1.54, 1.807) is 0 Å². The Labute approximate surface area is 96.0 Å². The smallest absolute Gasteiger partial charge is 0.254 e. The van der Waals surface area contributed by atoms with Gasteiger partial charge in [-0.1, -0.05) is 0 Å². The predicted molar refractivity (Wildman–Crippen MR) is 55.1 cm³/mol. The second kappa shape index (κ2) is 4.37. The molecule has 1 fully saturated rings. The molecule has 1 amide bonds. The highest BCUT2D eigenvalue weighted by Gasteiger charge is 2.33. The molecule has 92 valence electrons. The Morgan fingerprint density at radius 1 is 1.29 bits per heavy atom. The standard InChI is InChI=1S/C11H11F3N2O/c12-7-2-1-6(3-8(7)13)11(17)16-4-9(14)10(15)5-16/h1-3,9-10H,4-5,15H2/t9?,10-/m1/s1. The van der Waals surface area contributed by atoms with E-state index < -0.39 is 29.8 Å². The van der Waals surface area contributed by atoms with Crippen LogP contribution in [0.5, 0.6) is 0 Å². The molecule has 1 heterocycles. The third-order valence-corrected chi connectivity index (χ3v) is 2.74. The molecule has 1 unspecified atom stereocenters. The molecule has 1 aromatic rings. The van der Waals surface area contributed by atoms with E-state index >= 15 is 0 Å². The maximum Gasteiger partial charge on any atom is 0.254 e. The van der Waals surface area contributed by atoms with Crippen molar-refractivity contribution in [3.63, 3.8) is 0 Å². The number of likely N-dealkylation sites (tertiary alicyclic amines) is 1. The average molecular weight is 244 g/mol. The highest BCUT2D eigenvalue weighted by molar-refractivity contribution is 5.94. The molecule has 6 heteroatoms. The van der Waals surface area contributed by atoms with Crippen LogP contribution in [0.2, 0.25) is 0 Å². The third kappa shape index (κ3) is 2.26. The molecule has 0 saturated carbocycles. The highest BCUT2D eigenvalue weighted by atomic mass is 19.2. The summed E-state index contributed by atoms with van der Waals surface area (Å²) < 4.78 is 38.8. The molecule has 0 spiro atoms. The van der Waals surface area contributed by atoms with Gasteiger partial charge in [0.25, 0.3) is 5.91 Å². The molecular weight excluding hydrogens is 233 g/mol.